The Morgan fingerprint density at radius 3 is 0.864 bits per heavy atom. The minimum Gasteiger partial charge on any atom is -0.309 e. The summed E-state index contributed by atoms with van der Waals surface area (Å²) in [6, 6.07) is 79.8. The van der Waals surface area contributed by atoms with Crippen molar-refractivity contribution in [3.8, 4) is 33.6 Å². The Bertz CT molecular complexity index is 3230. The van der Waals surface area contributed by atoms with Crippen LogP contribution in [0.1, 0.15) is 0 Å². The van der Waals surface area contributed by atoms with Crippen LogP contribution in [0.4, 0.5) is 0 Å². The van der Waals surface area contributed by atoms with E-state index in [1.807, 2.05) is 0 Å². The number of hydrogen-bond acceptors (Lipinski definition) is 1. The Balaban J connectivity index is 0.849. The molecule has 0 atom stereocenters. The topological polar surface area (TPSA) is 9.86 Å². The average Bonchev–Trinajstić information content (AvgIpc) is 3.82. The molecule has 0 N–H and O–H groups in total. The van der Waals surface area contributed by atoms with E-state index in [9.17, 15) is 0 Å². The number of nitrogens with zero attached hydrogens (tertiary/aromatic N) is 2. The molecule has 59 heavy (non-hydrogen) atoms. The molecule has 0 bridgehead atoms. The monoisotopic (exact) mass is 768 g/mol. The maximum atomic E-state index is 2.42. The zero-order valence-corrected chi connectivity index (χ0v) is 32.9. The lowest BCUT2D eigenvalue weighted by Crippen LogP contribution is -1.96. The first-order valence-corrected chi connectivity index (χ1v) is 21.0. The van der Waals surface area contributed by atoms with Crippen LogP contribution >= 0.6 is 11.8 Å². The van der Waals surface area contributed by atoms with Crippen LogP contribution in [0.25, 0.3) is 98.8 Å². The standard InChI is InChI=1S/C56H36N2S/c1-3-15-45-43(13-1)41(33-35-55(45)57-51-21-9-5-17-47(51)48-18-6-10-22-52(48)57)37-25-29-39(30-26-37)59-40-31-27-38(28-32-40)42-34-36-56(46-16-4-2-14-44(42)46)58-53-23-11-7-19-49(53)50-20-8-12-24-54(50)58/h1-36H. The highest BCUT2D eigenvalue weighted by Gasteiger charge is 2.17. The summed E-state index contributed by atoms with van der Waals surface area (Å²) in [5.74, 6) is 0. The molecule has 10 aromatic carbocycles. The van der Waals surface area contributed by atoms with Crippen molar-refractivity contribution in [3.63, 3.8) is 0 Å². The van der Waals surface area contributed by atoms with Gasteiger partial charge in [-0.15, -0.1) is 0 Å². The highest BCUT2D eigenvalue weighted by Crippen LogP contribution is 2.41. The van der Waals surface area contributed by atoms with Gasteiger partial charge in [-0.1, -0.05) is 169 Å². The fourth-order valence-corrected chi connectivity index (χ4v) is 10.2. The van der Waals surface area contributed by atoms with E-state index in [0.717, 1.165) is 0 Å². The Kier molecular flexibility index (Phi) is 7.82. The summed E-state index contributed by atoms with van der Waals surface area (Å²) in [5, 5.41) is 10.1. The Labute approximate surface area is 346 Å². The largest absolute Gasteiger partial charge is 0.309 e. The fourth-order valence-electron chi connectivity index (χ4n) is 9.37. The van der Waals surface area contributed by atoms with Gasteiger partial charge in [0.2, 0.25) is 0 Å². The van der Waals surface area contributed by atoms with Crippen LogP contribution in [0, 0.1) is 0 Å². The van der Waals surface area contributed by atoms with Gasteiger partial charge in [0.25, 0.3) is 0 Å². The maximum absolute atomic E-state index is 2.42. The fraction of sp³-hybridized carbons (Fsp3) is 0. The second-order valence-electron chi connectivity index (χ2n) is 15.2. The highest BCUT2D eigenvalue weighted by molar-refractivity contribution is 7.99. The molecule has 2 aromatic heterocycles. The van der Waals surface area contributed by atoms with Crippen molar-refractivity contribution in [1.29, 1.82) is 0 Å². The molecule has 0 fully saturated rings. The van der Waals surface area contributed by atoms with Gasteiger partial charge in [0.15, 0.2) is 0 Å². The third-order valence-corrected chi connectivity index (χ3v) is 13.0. The second-order valence-corrected chi connectivity index (χ2v) is 16.4. The van der Waals surface area contributed by atoms with E-state index in [2.05, 4.69) is 228 Å². The van der Waals surface area contributed by atoms with Gasteiger partial charge in [-0.2, -0.15) is 0 Å². The van der Waals surface area contributed by atoms with Crippen LogP contribution in [-0.4, -0.2) is 9.13 Å². The predicted octanol–water partition coefficient (Wildman–Crippen LogP) is 15.7. The van der Waals surface area contributed by atoms with E-state index in [1.165, 1.54) is 109 Å². The van der Waals surface area contributed by atoms with Crippen molar-refractivity contribution in [2.75, 3.05) is 0 Å². The number of fused-ring (bicyclic) bond motifs is 8. The first-order valence-electron chi connectivity index (χ1n) is 20.2. The molecule has 12 aromatic rings. The van der Waals surface area contributed by atoms with Crippen molar-refractivity contribution < 1.29 is 0 Å². The lowest BCUT2D eigenvalue weighted by atomic mass is 9.97. The molecule has 0 radical (unpaired) electrons. The number of aromatic nitrogens is 2. The maximum Gasteiger partial charge on any atom is 0.0541 e. The normalized spacial score (nSPS) is 11.8. The average molecular weight is 769 g/mol. The zero-order chi connectivity index (χ0) is 38.9. The number of para-hydroxylation sites is 4. The predicted molar refractivity (Wildman–Crippen MR) is 252 cm³/mol. The molecule has 2 nitrogen and oxygen atoms in total. The molecule has 0 aliphatic carbocycles. The van der Waals surface area contributed by atoms with Gasteiger partial charge < -0.3 is 9.13 Å². The minimum atomic E-state index is 1.20. The third kappa shape index (κ3) is 5.43. The van der Waals surface area contributed by atoms with E-state index in [1.54, 1.807) is 11.8 Å². The summed E-state index contributed by atoms with van der Waals surface area (Å²) >= 11 is 1.80. The first-order chi connectivity index (χ1) is 29.3. The quantitative estimate of drug-likeness (QED) is 0.164. The third-order valence-electron chi connectivity index (χ3n) is 12.0. The molecule has 0 unspecified atom stereocenters. The van der Waals surface area contributed by atoms with Crippen LogP contribution < -0.4 is 0 Å². The number of hydrogen-bond donors (Lipinski definition) is 0. The van der Waals surface area contributed by atoms with Gasteiger partial charge >= 0.3 is 0 Å². The molecular weight excluding hydrogens is 733 g/mol. The molecule has 0 spiro atoms. The summed E-state index contributed by atoms with van der Waals surface area (Å²) in [5.41, 5.74) is 12.2. The van der Waals surface area contributed by atoms with Gasteiger partial charge in [-0.25, -0.2) is 0 Å². The summed E-state index contributed by atoms with van der Waals surface area (Å²) in [4.78, 5) is 2.43. The highest BCUT2D eigenvalue weighted by atomic mass is 32.2. The van der Waals surface area contributed by atoms with E-state index in [0.29, 0.717) is 0 Å². The number of rotatable bonds is 6. The van der Waals surface area contributed by atoms with Crippen LogP contribution in [0.2, 0.25) is 0 Å². The van der Waals surface area contributed by atoms with Crippen molar-refractivity contribution in [2.45, 2.75) is 9.79 Å². The molecule has 0 aliphatic heterocycles. The molecule has 2 heterocycles. The second kappa shape index (κ2) is 13.7. The molecule has 276 valence electrons. The lowest BCUT2D eigenvalue weighted by molar-refractivity contribution is 1.20. The van der Waals surface area contributed by atoms with E-state index < -0.39 is 0 Å². The summed E-state index contributed by atoms with van der Waals surface area (Å²) in [7, 11) is 0. The van der Waals surface area contributed by atoms with E-state index in [4.69, 9.17) is 0 Å². The van der Waals surface area contributed by atoms with Crippen molar-refractivity contribution in [3.05, 3.63) is 218 Å². The Hall–Kier alpha value is -7.33. The Morgan fingerprint density at radius 2 is 0.525 bits per heavy atom. The molecule has 0 amide bonds. The molecule has 12 rings (SSSR count). The van der Waals surface area contributed by atoms with Crippen LogP contribution in [-0.2, 0) is 0 Å². The van der Waals surface area contributed by atoms with Gasteiger partial charge in [-0.3, -0.25) is 0 Å². The van der Waals surface area contributed by atoms with Gasteiger partial charge in [-0.05, 0) is 93.7 Å². The van der Waals surface area contributed by atoms with Crippen molar-refractivity contribution in [1.82, 2.24) is 9.13 Å². The summed E-state index contributed by atoms with van der Waals surface area (Å²) < 4.78 is 4.85. The van der Waals surface area contributed by atoms with E-state index >= 15 is 0 Å². The number of benzene rings is 10. The summed E-state index contributed by atoms with van der Waals surface area (Å²) in [6.07, 6.45) is 0. The van der Waals surface area contributed by atoms with E-state index in [-0.39, 0.29) is 0 Å². The smallest absolute Gasteiger partial charge is 0.0541 e. The molecule has 0 saturated heterocycles. The van der Waals surface area contributed by atoms with Gasteiger partial charge in [0, 0.05) is 42.1 Å². The Morgan fingerprint density at radius 1 is 0.237 bits per heavy atom. The minimum absolute atomic E-state index is 1.20. The first kappa shape index (κ1) is 33.8. The molecular formula is C56H36N2S. The molecule has 0 saturated carbocycles. The SMILES string of the molecule is c1ccc2c(-n3c4ccccc4c4ccccc43)ccc(-c3ccc(Sc4ccc(-c5ccc(-n6c7ccccc7c7ccccc76)c6ccccc56)cc4)cc3)c2c1. The van der Waals surface area contributed by atoms with Gasteiger partial charge in [0.05, 0.1) is 33.4 Å². The zero-order valence-electron chi connectivity index (χ0n) is 32.1. The van der Waals surface area contributed by atoms with Crippen LogP contribution in [0.15, 0.2) is 228 Å². The van der Waals surface area contributed by atoms with Crippen LogP contribution in [0.3, 0.4) is 0 Å². The lowest BCUT2D eigenvalue weighted by Gasteiger charge is -2.15. The van der Waals surface area contributed by atoms with Crippen molar-refractivity contribution >= 4 is 76.9 Å². The van der Waals surface area contributed by atoms with Crippen molar-refractivity contribution in [2.24, 2.45) is 0 Å². The summed E-state index contributed by atoms with van der Waals surface area (Å²) in [6.45, 7) is 0. The van der Waals surface area contributed by atoms with Crippen LogP contribution in [0.5, 0.6) is 0 Å². The van der Waals surface area contributed by atoms with Gasteiger partial charge in [0.1, 0.15) is 0 Å². The molecule has 3 heteroatoms. The molecule has 0 aliphatic rings.